The topological polar surface area (TPSA) is 108 Å². The molecule has 0 bridgehead atoms. The Morgan fingerprint density at radius 2 is 1.63 bits per heavy atom. The van der Waals surface area contributed by atoms with Gasteiger partial charge in [-0.05, 0) is 36.6 Å². The summed E-state index contributed by atoms with van der Waals surface area (Å²) < 4.78 is 2.51. The number of carbonyl (C=O) groups excluding carboxylic acids is 2. The van der Waals surface area contributed by atoms with Crippen LogP contribution >= 0.6 is 0 Å². The van der Waals surface area contributed by atoms with Crippen molar-refractivity contribution in [2.75, 3.05) is 18.0 Å². The van der Waals surface area contributed by atoms with E-state index in [-0.39, 0.29) is 18.4 Å². The van der Waals surface area contributed by atoms with Crippen molar-refractivity contribution in [3.05, 3.63) is 97.7 Å². The number of carbonyl (C=O) groups is 2. The number of nitrogens with zero attached hydrogens (tertiary/aromatic N) is 5. The SMILES string of the molecule is Cn1c(=O)cc(N2CCCC(N3C(=O)c4ccccc4C3=O)C2)n(Cc2ccccc2C#N)c1=O. The van der Waals surface area contributed by atoms with Crippen LogP contribution in [0.25, 0.3) is 0 Å². The van der Waals surface area contributed by atoms with Gasteiger partial charge in [-0.25, -0.2) is 4.79 Å². The quantitative estimate of drug-likeness (QED) is 0.539. The number of rotatable bonds is 4. The van der Waals surface area contributed by atoms with Gasteiger partial charge in [-0.15, -0.1) is 0 Å². The van der Waals surface area contributed by atoms with Crippen molar-refractivity contribution in [2.45, 2.75) is 25.4 Å². The van der Waals surface area contributed by atoms with E-state index in [4.69, 9.17) is 0 Å². The lowest BCUT2D eigenvalue weighted by atomic mass is 10.0. The lowest BCUT2D eigenvalue weighted by molar-refractivity contribution is 0.0569. The molecule has 9 heteroatoms. The summed E-state index contributed by atoms with van der Waals surface area (Å²) in [7, 11) is 1.42. The minimum atomic E-state index is -0.497. The van der Waals surface area contributed by atoms with E-state index in [0.29, 0.717) is 54.0 Å². The number of amides is 2. The fraction of sp³-hybridized carbons (Fsp3) is 0.269. The van der Waals surface area contributed by atoms with E-state index in [2.05, 4.69) is 6.07 Å². The largest absolute Gasteiger partial charge is 0.356 e. The molecule has 1 aromatic heterocycles. The van der Waals surface area contributed by atoms with Gasteiger partial charge in [0, 0.05) is 26.2 Å². The van der Waals surface area contributed by atoms with Crippen LogP contribution in [0, 0.1) is 11.3 Å². The normalized spacial score (nSPS) is 17.4. The Bertz CT molecular complexity index is 1480. The van der Waals surface area contributed by atoms with Crippen LogP contribution in [0.1, 0.15) is 44.7 Å². The molecule has 0 radical (unpaired) electrons. The van der Waals surface area contributed by atoms with Crippen molar-refractivity contribution in [3.8, 4) is 6.07 Å². The Balaban J connectivity index is 1.51. The first kappa shape index (κ1) is 22.3. The number of hydrogen-bond acceptors (Lipinski definition) is 6. The average molecular weight is 470 g/mol. The fourth-order valence-electron chi connectivity index (χ4n) is 4.92. The predicted molar refractivity (Wildman–Crippen MR) is 128 cm³/mol. The molecule has 1 unspecified atom stereocenters. The van der Waals surface area contributed by atoms with Gasteiger partial charge < -0.3 is 4.90 Å². The first-order valence-electron chi connectivity index (χ1n) is 11.4. The van der Waals surface area contributed by atoms with Crippen molar-refractivity contribution in [2.24, 2.45) is 7.05 Å². The third kappa shape index (κ3) is 3.73. The number of imide groups is 1. The van der Waals surface area contributed by atoms with Crippen LogP contribution in [0.2, 0.25) is 0 Å². The summed E-state index contributed by atoms with van der Waals surface area (Å²) in [6.07, 6.45) is 1.31. The minimum Gasteiger partial charge on any atom is -0.356 e. The van der Waals surface area contributed by atoms with E-state index < -0.39 is 17.3 Å². The molecule has 0 spiro atoms. The first-order chi connectivity index (χ1) is 16.9. The van der Waals surface area contributed by atoms with Crippen molar-refractivity contribution in [1.29, 1.82) is 5.26 Å². The van der Waals surface area contributed by atoms with E-state index in [1.54, 1.807) is 48.5 Å². The second-order valence-electron chi connectivity index (χ2n) is 8.81. The zero-order chi connectivity index (χ0) is 24.7. The van der Waals surface area contributed by atoms with Gasteiger partial charge in [-0.3, -0.25) is 28.4 Å². The number of aromatic nitrogens is 2. The van der Waals surface area contributed by atoms with Crippen molar-refractivity contribution in [3.63, 3.8) is 0 Å². The molecule has 2 aliphatic heterocycles. The maximum Gasteiger partial charge on any atom is 0.332 e. The van der Waals surface area contributed by atoms with Crippen LogP contribution in [-0.2, 0) is 13.6 Å². The molecule has 3 aromatic rings. The number of fused-ring (bicyclic) bond motifs is 1. The highest BCUT2D eigenvalue weighted by Crippen LogP contribution is 2.29. The maximum atomic E-state index is 13.1. The number of hydrogen-bond donors (Lipinski definition) is 0. The highest BCUT2D eigenvalue weighted by molar-refractivity contribution is 6.21. The fourth-order valence-corrected chi connectivity index (χ4v) is 4.92. The highest BCUT2D eigenvalue weighted by Gasteiger charge is 2.41. The molecule has 3 heterocycles. The molecule has 2 aliphatic rings. The van der Waals surface area contributed by atoms with Crippen molar-refractivity contribution < 1.29 is 9.59 Å². The van der Waals surface area contributed by atoms with Crippen LogP contribution in [0.15, 0.2) is 64.2 Å². The molecule has 0 N–H and O–H groups in total. The number of piperidine rings is 1. The summed E-state index contributed by atoms with van der Waals surface area (Å²) in [5, 5.41) is 9.49. The van der Waals surface area contributed by atoms with Crippen LogP contribution in [0.5, 0.6) is 0 Å². The molecular formula is C26H23N5O4. The molecular weight excluding hydrogens is 446 g/mol. The zero-order valence-electron chi connectivity index (χ0n) is 19.2. The van der Waals surface area contributed by atoms with E-state index in [1.165, 1.54) is 22.6 Å². The molecule has 2 amide bonds. The van der Waals surface area contributed by atoms with E-state index >= 15 is 0 Å². The van der Waals surface area contributed by atoms with Gasteiger partial charge in [-0.2, -0.15) is 5.26 Å². The van der Waals surface area contributed by atoms with Crippen LogP contribution in [-0.4, -0.2) is 45.0 Å². The number of anilines is 1. The van der Waals surface area contributed by atoms with E-state index in [9.17, 15) is 24.4 Å². The lowest BCUT2D eigenvalue weighted by Gasteiger charge is -2.38. The Hall–Kier alpha value is -4.45. The predicted octanol–water partition coefficient (Wildman–Crippen LogP) is 1.73. The highest BCUT2D eigenvalue weighted by atomic mass is 16.2. The van der Waals surface area contributed by atoms with Crippen LogP contribution < -0.4 is 16.1 Å². The van der Waals surface area contributed by atoms with Gasteiger partial charge in [0.2, 0.25) is 0 Å². The Morgan fingerprint density at radius 3 is 2.31 bits per heavy atom. The molecule has 1 atom stereocenters. The summed E-state index contributed by atoms with van der Waals surface area (Å²) in [6.45, 7) is 0.977. The standard InChI is InChI=1S/C26H23N5O4/c1-28-23(32)13-22(30(26(28)35)15-18-8-3-2-7-17(18)14-27)29-12-6-9-19(16-29)31-24(33)20-10-4-5-11-21(20)25(31)34/h2-5,7-8,10-11,13,19H,6,9,12,15-16H2,1H3. The summed E-state index contributed by atoms with van der Waals surface area (Å²) in [4.78, 5) is 55.0. The number of benzene rings is 2. The lowest BCUT2D eigenvalue weighted by Crippen LogP contribution is -2.52. The second kappa shape index (κ2) is 8.72. The summed E-state index contributed by atoms with van der Waals surface area (Å²) >= 11 is 0. The summed E-state index contributed by atoms with van der Waals surface area (Å²) in [5.41, 5.74) is 0.954. The molecule has 1 saturated heterocycles. The molecule has 1 fully saturated rings. The Labute approximate surface area is 201 Å². The molecule has 2 aromatic carbocycles. The van der Waals surface area contributed by atoms with Crippen molar-refractivity contribution in [1.82, 2.24) is 14.0 Å². The van der Waals surface area contributed by atoms with Crippen LogP contribution in [0.4, 0.5) is 5.82 Å². The molecule has 9 nitrogen and oxygen atoms in total. The van der Waals surface area contributed by atoms with Crippen molar-refractivity contribution >= 4 is 17.6 Å². The smallest absolute Gasteiger partial charge is 0.332 e. The van der Waals surface area contributed by atoms with Gasteiger partial charge in [0.05, 0.1) is 35.3 Å². The number of nitriles is 1. The maximum absolute atomic E-state index is 13.1. The molecule has 5 rings (SSSR count). The Morgan fingerprint density at radius 1 is 0.971 bits per heavy atom. The van der Waals surface area contributed by atoms with E-state index in [1.807, 2.05) is 4.90 Å². The first-order valence-corrected chi connectivity index (χ1v) is 11.4. The minimum absolute atomic E-state index is 0.111. The molecule has 176 valence electrons. The molecule has 0 aliphatic carbocycles. The van der Waals surface area contributed by atoms with Gasteiger partial charge in [0.15, 0.2) is 0 Å². The monoisotopic (exact) mass is 469 g/mol. The summed E-state index contributed by atoms with van der Waals surface area (Å²) in [5.74, 6) is -0.226. The zero-order valence-corrected chi connectivity index (χ0v) is 19.2. The van der Waals surface area contributed by atoms with Gasteiger partial charge in [0.25, 0.3) is 17.4 Å². The molecule has 0 saturated carbocycles. The molecule has 35 heavy (non-hydrogen) atoms. The van der Waals surface area contributed by atoms with Gasteiger partial charge in [-0.1, -0.05) is 30.3 Å². The average Bonchev–Trinajstić information content (AvgIpc) is 3.14. The van der Waals surface area contributed by atoms with Gasteiger partial charge >= 0.3 is 5.69 Å². The third-order valence-corrected chi connectivity index (χ3v) is 6.75. The van der Waals surface area contributed by atoms with E-state index in [0.717, 1.165) is 4.57 Å². The summed E-state index contributed by atoms with van der Waals surface area (Å²) in [6, 6.07) is 16.9. The third-order valence-electron chi connectivity index (χ3n) is 6.75. The Kier molecular flexibility index (Phi) is 5.57. The van der Waals surface area contributed by atoms with Crippen LogP contribution in [0.3, 0.4) is 0 Å². The second-order valence-corrected chi connectivity index (χ2v) is 8.81. The van der Waals surface area contributed by atoms with Gasteiger partial charge in [0.1, 0.15) is 5.82 Å².